The number of urea groups is 1. The van der Waals surface area contributed by atoms with Crippen LogP contribution in [0.25, 0.3) is 0 Å². The lowest BCUT2D eigenvalue weighted by Crippen LogP contribution is -2.19. The van der Waals surface area contributed by atoms with Gasteiger partial charge >= 0.3 is 6.03 Å². The van der Waals surface area contributed by atoms with Gasteiger partial charge in [0.2, 0.25) is 0 Å². The second-order valence-corrected chi connectivity index (χ2v) is 5.03. The highest BCUT2D eigenvalue weighted by Gasteiger charge is 2.08. The molecule has 0 radical (unpaired) electrons. The van der Waals surface area contributed by atoms with Crippen molar-refractivity contribution in [1.82, 2.24) is 0 Å². The first kappa shape index (κ1) is 14.9. The summed E-state index contributed by atoms with van der Waals surface area (Å²) in [7, 11) is 1.53. The molecular formula is C15H12BrN3O2. The third kappa shape index (κ3) is 3.97. The zero-order chi connectivity index (χ0) is 15.2. The zero-order valence-electron chi connectivity index (χ0n) is 11.2. The molecule has 6 heteroatoms. The minimum atomic E-state index is -0.415. The highest BCUT2D eigenvalue weighted by atomic mass is 79.9. The Morgan fingerprint density at radius 3 is 2.76 bits per heavy atom. The molecule has 0 aliphatic heterocycles. The van der Waals surface area contributed by atoms with Crippen molar-refractivity contribution in [2.24, 2.45) is 0 Å². The van der Waals surface area contributed by atoms with Gasteiger partial charge in [0.05, 0.1) is 24.4 Å². The van der Waals surface area contributed by atoms with E-state index in [-0.39, 0.29) is 0 Å². The topological polar surface area (TPSA) is 74.2 Å². The van der Waals surface area contributed by atoms with Crippen molar-refractivity contribution >= 4 is 33.3 Å². The van der Waals surface area contributed by atoms with Crippen LogP contribution in [0.1, 0.15) is 5.56 Å². The van der Waals surface area contributed by atoms with E-state index in [0.29, 0.717) is 22.7 Å². The number of anilines is 2. The Morgan fingerprint density at radius 1 is 1.24 bits per heavy atom. The van der Waals surface area contributed by atoms with Crippen LogP contribution in [0.4, 0.5) is 16.2 Å². The molecule has 2 aromatic rings. The van der Waals surface area contributed by atoms with E-state index in [0.717, 1.165) is 4.47 Å². The van der Waals surface area contributed by atoms with Gasteiger partial charge in [-0.25, -0.2) is 4.79 Å². The first-order chi connectivity index (χ1) is 10.1. The first-order valence-corrected chi connectivity index (χ1v) is 6.83. The van der Waals surface area contributed by atoms with E-state index >= 15 is 0 Å². The highest BCUT2D eigenvalue weighted by Crippen LogP contribution is 2.28. The van der Waals surface area contributed by atoms with Crippen molar-refractivity contribution in [3.63, 3.8) is 0 Å². The molecule has 2 N–H and O–H groups in total. The Bertz CT molecular complexity index is 710. The van der Waals surface area contributed by atoms with Gasteiger partial charge in [-0.3, -0.25) is 0 Å². The molecular weight excluding hydrogens is 334 g/mol. The van der Waals surface area contributed by atoms with Gasteiger partial charge < -0.3 is 15.4 Å². The number of ether oxygens (including phenoxy) is 1. The van der Waals surface area contributed by atoms with Crippen molar-refractivity contribution in [1.29, 1.82) is 5.26 Å². The molecule has 0 atom stereocenters. The third-order valence-electron chi connectivity index (χ3n) is 2.66. The summed E-state index contributed by atoms with van der Waals surface area (Å²) < 4.78 is 6.01. The van der Waals surface area contributed by atoms with Crippen LogP contribution in [-0.2, 0) is 0 Å². The van der Waals surface area contributed by atoms with Gasteiger partial charge in [-0.05, 0) is 36.4 Å². The third-order valence-corrected chi connectivity index (χ3v) is 3.15. The van der Waals surface area contributed by atoms with Gasteiger partial charge in [0.15, 0.2) is 0 Å². The number of nitrogens with one attached hydrogen (secondary N) is 2. The summed E-state index contributed by atoms with van der Waals surface area (Å²) in [6, 6.07) is 13.6. The molecule has 0 bridgehead atoms. The summed E-state index contributed by atoms with van der Waals surface area (Å²) >= 11 is 3.34. The Hall–Kier alpha value is -2.52. The maximum Gasteiger partial charge on any atom is 0.323 e. The van der Waals surface area contributed by atoms with Crippen LogP contribution in [0.15, 0.2) is 46.9 Å². The molecule has 2 amide bonds. The minimum absolute atomic E-state index is 0.415. The second-order valence-electron chi connectivity index (χ2n) is 4.12. The first-order valence-electron chi connectivity index (χ1n) is 6.04. The van der Waals surface area contributed by atoms with Gasteiger partial charge in [0.1, 0.15) is 5.75 Å². The minimum Gasteiger partial charge on any atom is -0.495 e. The summed E-state index contributed by atoms with van der Waals surface area (Å²) in [4.78, 5) is 12.0. The number of nitrogens with zero attached hydrogens (tertiary/aromatic N) is 1. The Kier molecular flexibility index (Phi) is 4.80. The fourth-order valence-electron chi connectivity index (χ4n) is 1.73. The highest BCUT2D eigenvalue weighted by molar-refractivity contribution is 9.10. The molecule has 21 heavy (non-hydrogen) atoms. The fraction of sp³-hybridized carbons (Fsp3) is 0.0667. The Morgan fingerprint density at radius 2 is 2.05 bits per heavy atom. The molecule has 0 spiro atoms. The number of hydrogen-bond acceptors (Lipinski definition) is 3. The quantitative estimate of drug-likeness (QED) is 0.883. The van der Waals surface area contributed by atoms with E-state index in [2.05, 4.69) is 26.6 Å². The van der Waals surface area contributed by atoms with Crippen LogP contribution in [0.3, 0.4) is 0 Å². The van der Waals surface area contributed by atoms with Crippen molar-refractivity contribution in [2.45, 2.75) is 0 Å². The molecule has 2 aromatic carbocycles. The number of nitriles is 1. The Labute approximate surface area is 130 Å². The molecule has 0 saturated carbocycles. The van der Waals surface area contributed by atoms with E-state index in [1.165, 1.54) is 7.11 Å². The number of rotatable bonds is 3. The molecule has 0 aliphatic rings. The van der Waals surface area contributed by atoms with Gasteiger partial charge in [0.25, 0.3) is 0 Å². The SMILES string of the molecule is COc1ccc(Br)cc1NC(=O)Nc1cccc(C#N)c1. The maximum absolute atomic E-state index is 12.0. The number of benzene rings is 2. The predicted octanol–water partition coefficient (Wildman–Crippen LogP) is 3.97. The molecule has 0 unspecified atom stereocenters. The molecule has 0 aromatic heterocycles. The molecule has 106 valence electrons. The number of methoxy groups -OCH3 is 1. The summed E-state index contributed by atoms with van der Waals surface area (Å²) in [6.07, 6.45) is 0. The normalized spacial score (nSPS) is 9.57. The molecule has 0 saturated heterocycles. The molecule has 0 fully saturated rings. The molecule has 5 nitrogen and oxygen atoms in total. The number of carbonyl (C=O) groups excluding carboxylic acids is 1. The summed E-state index contributed by atoms with van der Waals surface area (Å²) in [5.41, 5.74) is 1.56. The van der Waals surface area contributed by atoms with E-state index < -0.39 is 6.03 Å². The van der Waals surface area contributed by atoms with Crippen LogP contribution in [-0.4, -0.2) is 13.1 Å². The maximum atomic E-state index is 12.0. The second kappa shape index (κ2) is 6.77. The summed E-state index contributed by atoms with van der Waals surface area (Å²) in [5, 5.41) is 14.2. The van der Waals surface area contributed by atoms with E-state index in [1.54, 1.807) is 36.4 Å². The van der Waals surface area contributed by atoms with E-state index in [4.69, 9.17) is 10.00 Å². The average molecular weight is 346 g/mol. The summed E-state index contributed by atoms with van der Waals surface area (Å²) in [6.45, 7) is 0. The monoisotopic (exact) mass is 345 g/mol. The predicted molar refractivity (Wildman–Crippen MR) is 84.5 cm³/mol. The van der Waals surface area contributed by atoms with Gasteiger partial charge in [0, 0.05) is 10.2 Å². The van der Waals surface area contributed by atoms with Crippen LogP contribution in [0.2, 0.25) is 0 Å². The van der Waals surface area contributed by atoms with Crippen LogP contribution < -0.4 is 15.4 Å². The van der Waals surface area contributed by atoms with Gasteiger partial charge in [-0.1, -0.05) is 22.0 Å². The summed E-state index contributed by atoms with van der Waals surface area (Å²) in [5.74, 6) is 0.555. The molecule has 2 rings (SSSR count). The number of hydrogen-bond donors (Lipinski definition) is 2. The zero-order valence-corrected chi connectivity index (χ0v) is 12.8. The van der Waals surface area contributed by atoms with E-state index in [9.17, 15) is 4.79 Å². The van der Waals surface area contributed by atoms with Crippen molar-refractivity contribution in [2.75, 3.05) is 17.7 Å². The largest absolute Gasteiger partial charge is 0.495 e. The average Bonchev–Trinajstić information content (AvgIpc) is 2.47. The van der Waals surface area contributed by atoms with Gasteiger partial charge in [-0.2, -0.15) is 5.26 Å². The number of carbonyl (C=O) groups is 1. The van der Waals surface area contributed by atoms with Crippen LogP contribution >= 0.6 is 15.9 Å². The lowest BCUT2D eigenvalue weighted by atomic mass is 10.2. The van der Waals surface area contributed by atoms with Crippen LogP contribution in [0, 0.1) is 11.3 Å². The van der Waals surface area contributed by atoms with Gasteiger partial charge in [-0.15, -0.1) is 0 Å². The smallest absolute Gasteiger partial charge is 0.323 e. The number of amides is 2. The lowest BCUT2D eigenvalue weighted by molar-refractivity contribution is 0.262. The van der Waals surface area contributed by atoms with Crippen molar-refractivity contribution < 1.29 is 9.53 Å². The molecule has 0 aliphatic carbocycles. The van der Waals surface area contributed by atoms with Crippen LogP contribution in [0.5, 0.6) is 5.75 Å². The lowest BCUT2D eigenvalue weighted by Gasteiger charge is -2.11. The Balaban J connectivity index is 2.11. The van der Waals surface area contributed by atoms with Crippen molar-refractivity contribution in [3.05, 3.63) is 52.5 Å². The molecule has 0 heterocycles. The number of halogens is 1. The van der Waals surface area contributed by atoms with Crippen molar-refractivity contribution in [3.8, 4) is 11.8 Å². The van der Waals surface area contributed by atoms with E-state index in [1.807, 2.05) is 12.1 Å². The standard InChI is InChI=1S/C15H12BrN3O2/c1-21-14-6-5-11(16)8-13(14)19-15(20)18-12-4-2-3-10(7-12)9-17/h2-8H,1H3,(H2,18,19,20). The fourth-order valence-corrected chi connectivity index (χ4v) is 2.09.